The highest BCUT2D eigenvalue weighted by Gasteiger charge is 2.16. The van der Waals surface area contributed by atoms with E-state index < -0.39 is 0 Å². The molecule has 112 valence electrons. The molecule has 1 saturated heterocycles. The highest BCUT2D eigenvalue weighted by molar-refractivity contribution is 8.16. The predicted octanol–water partition coefficient (Wildman–Crippen LogP) is 6.36. The summed E-state index contributed by atoms with van der Waals surface area (Å²) in [5, 5.41) is 1.21. The molecular weight excluding hydrogens is 308 g/mol. The molecule has 0 spiro atoms. The Morgan fingerprint density at radius 1 is 0.864 bits per heavy atom. The van der Waals surface area contributed by atoms with E-state index in [1.165, 1.54) is 35.3 Å². The summed E-state index contributed by atoms with van der Waals surface area (Å²) < 4.78 is 6.58. The molecule has 0 bridgehead atoms. The largest absolute Gasteiger partial charge is 0.456 e. The fourth-order valence-electron chi connectivity index (χ4n) is 2.78. The number of benzene rings is 2. The van der Waals surface area contributed by atoms with Crippen LogP contribution in [-0.4, -0.2) is 11.5 Å². The Bertz CT molecular complexity index is 755. The van der Waals surface area contributed by atoms with E-state index in [9.17, 15) is 0 Å². The van der Waals surface area contributed by atoms with E-state index in [4.69, 9.17) is 4.42 Å². The summed E-state index contributed by atoms with van der Waals surface area (Å²) in [6.45, 7) is 0. The molecular formula is C19H18OS2. The first-order chi connectivity index (χ1) is 10.9. The third kappa shape index (κ3) is 2.92. The first kappa shape index (κ1) is 14.3. The van der Waals surface area contributed by atoms with Crippen molar-refractivity contribution >= 4 is 34.5 Å². The van der Waals surface area contributed by atoms with E-state index in [0.29, 0.717) is 4.58 Å². The number of rotatable bonds is 2. The molecule has 1 nitrogen and oxygen atoms in total. The topological polar surface area (TPSA) is 13.1 Å². The maximum Gasteiger partial charge on any atom is 0.135 e. The summed E-state index contributed by atoms with van der Waals surface area (Å²) in [7, 11) is 0. The van der Waals surface area contributed by atoms with Crippen LogP contribution in [0.5, 0.6) is 0 Å². The molecule has 1 aromatic heterocycles. The first-order valence-electron chi connectivity index (χ1n) is 7.72. The number of fused-ring (bicyclic) bond motifs is 1. The third-order valence-electron chi connectivity index (χ3n) is 3.95. The van der Waals surface area contributed by atoms with E-state index in [2.05, 4.69) is 59.9 Å². The second kappa shape index (κ2) is 6.43. The van der Waals surface area contributed by atoms with Gasteiger partial charge in [-0.3, -0.25) is 0 Å². The molecule has 2 heterocycles. The molecule has 0 atom stereocenters. The second-order valence-corrected chi connectivity index (χ2v) is 8.28. The van der Waals surface area contributed by atoms with Crippen LogP contribution in [0.4, 0.5) is 0 Å². The standard InChI is InChI=1S/C19H18OS2/c1-2-6-14(7-3-1)18-13-16-12-15(8-9-17(16)20-18)19-21-10-4-5-11-22-19/h1-3,6-9,12-13,19H,4-5,10-11H2. The fraction of sp³-hybridized carbons (Fsp3) is 0.263. The van der Waals surface area contributed by atoms with Gasteiger partial charge in [0.05, 0.1) is 4.58 Å². The molecule has 1 aliphatic heterocycles. The van der Waals surface area contributed by atoms with Gasteiger partial charge in [-0.15, -0.1) is 23.5 Å². The van der Waals surface area contributed by atoms with Gasteiger partial charge in [-0.25, -0.2) is 0 Å². The SMILES string of the molecule is c1ccc(-c2cc3cc(C4SCCCCS4)ccc3o2)cc1. The Morgan fingerprint density at radius 2 is 1.64 bits per heavy atom. The van der Waals surface area contributed by atoms with E-state index >= 15 is 0 Å². The minimum Gasteiger partial charge on any atom is -0.456 e. The van der Waals surface area contributed by atoms with Crippen LogP contribution in [0.15, 0.2) is 59.0 Å². The van der Waals surface area contributed by atoms with Crippen LogP contribution in [0.3, 0.4) is 0 Å². The van der Waals surface area contributed by atoms with Crippen LogP contribution in [0.1, 0.15) is 23.0 Å². The third-order valence-corrected chi connectivity index (χ3v) is 6.96. The zero-order valence-corrected chi connectivity index (χ0v) is 14.0. The van der Waals surface area contributed by atoms with Gasteiger partial charge in [0.25, 0.3) is 0 Å². The Hall–Kier alpha value is -1.32. The van der Waals surface area contributed by atoms with Gasteiger partial charge in [0.15, 0.2) is 0 Å². The second-order valence-electron chi connectivity index (χ2n) is 5.55. The summed E-state index contributed by atoms with van der Waals surface area (Å²) >= 11 is 4.16. The van der Waals surface area contributed by atoms with Gasteiger partial charge < -0.3 is 4.42 Å². The van der Waals surface area contributed by atoms with Crippen molar-refractivity contribution in [2.75, 3.05) is 11.5 Å². The van der Waals surface area contributed by atoms with Crippen molar-refractivity contribution in [2.24, 2.45) is 0 Å². The van der Waals surface area contributed by atoms with Crippen LogP contribution >= 0.6 is 23.5 Å². The Morgan fingerprint density at radius 3 is 2.41 bits per heavy atom. The number of furan rings is 1. The van der Waals surface area contributed by atoms with Crippen molar-refractivity contribution in [3.05, 3.63) is 60.2 Å². The average Bonchev–Trinajstić information content (AvgIpc) is 2.81. The van der Waals surface area contributed by atoms with Gasteiger partial charge >= 0.3 is 0 Å². The van der Waals surface area contributed by atoms with Crippen molar-refractivity contribution in [3.63, 3.8) is 0 Å². The smallest absolute Gasteiger partial charge is 0.135 e. The molecule has 3 heteroatoms. The molecule has 4 rings (SSSR count). The van der Waals surface area contributed by atoms with Gasteiger partial charge in [-0.2, -0.15) is 0 Å². The minimum atomic E-state index is 0.571. The summed E-state index contributed by atoms with van der Waals surface area (Å²) in [5.41, 5.74) is 3.54. The van der Waals surface area contributed by atoms with Crippen LogP contribution in [0, 0.1) is 0 Å². The van der Waals surface area contributed by atoms with Crippen molar-refractivity contribution in [3.8, 4) is 11.3 Å². The predicted molar refractivity (Wildman–Crippen MR) is 98.5 cm³/mol. The zero-order chi connectivity index (χ0) is 14.8. The lowest BCUT2D eigenvalue weighted by molar-refractivity contribution is 0.631. The number of hydrogen-bond donors (Lipinski definition) is 0. The lowest BCUT2D eigenvalue weighted by Crippen LogP contribution is -1.88. The van der Waals surface area contributed by atoms with E-state index in [0.717, 1.165) is 16.9 Å². The van der Waals surface area contributed by atoms with Crippen molar-refractivity contribution in [1.82, 2.24) is 0 Å². The molecule has 0 N–H and O–H groups in total. The van der Waals surface area contributed by atoms with Crippen molar-refractivity contribution < 1.29 is 4.42 Å². The Kier molecular flexibility index (Phi) is 4.17. The molecule has 3 aromatic rings. The molecule has 0 unspecified atom stereocenters. The lowest BCUT2D eigenvalue weighted by Gasteiger charge is -2.13. The van der Waals surface area contributed by atoms with Gasteiger partial charge in [-0.05, 0) is 48.1 Å². The molecule has 0 saturated carbocycles. The molecule has 2 aromatic carbocycles. The van der Waals surface area contributed by atoms with Crippen LogP contribution in [0.25, 0.3) is 22.3 Å². The lowest BCUT2D eigenvalue weighted by atomic mass is 10.1. The molecule has 1 fully saturated rings. The van der Waals surface area contributed by atoms with E-state index in [1.54, 1.807) is 0 Å². The molecule has 0 amide bonds. The van der Waals surface area contributed by atoms with Gasteiger partial charge in [0.2, 0.25) is 0 Å². The van der Waals surface area contributed by atoms with Crippen LogP contribution in [-0.2, 0) is 0 Å². The quantitative estimate of drug-likeness (QED) is 0.544. The van der Waals surface area contributed by atoms with Gasteiger partial charge in [0, 0.05) is 10.9 Å². The Balaban J connectivity index is 1.69. The Labute approximate surface area is 139 Å². The molecule has 22 heavy (non-hydrogen) atoms. The number of hydrogen-bond acceptors (Lipinski definition) is 3. The number of thioether (sulfide) groups is 2. The van der Waals surface area contributed by atoms with E-state index in [-0.39, 0.29) is 0 Å². The molecule has 1 aliphatic rings. The summed E-state index contributed by atoms with van der Waals surface area (Å²) in [4.78, 5) is 0. The zero-order valence-electron chi connectivity index (χ0n) is 12.3. The molecule has 0 radical (unpaired) electrons. The maximum atomic E-state index is 6.01. The highest BCUT2D eigenvalue weighted by atomic mass is 32.2. The van der Waals surface area contributed by atoms with E-state index in [1.807, 2.05) is 18.2 Å². The molecule has 0 aliphatic carbocycles. The van der Waals surface area contributed by atoms with Crippen molar-refractivity contribution in [1.29, 1.82) is 0 Å². The maximum absolute atomic E-state index is 6.01. The van der Waals surface area contributed by atoms with Crippen LogP contribution < -0.4 is 0 Å². The average molecular weight is 326 g/mol. The summed E-state index contributed by atoms with van der Waals surface area (Å²) in [6, 6.07) is 19.1. The van der Waals surface area contributed by atoms with Crippen LogP contribution in [0.2, 0.25) is 0 Å². The summed E-state index contributed by atoms with van der Waals surface area (Å²) in [5.74, 6) is 3.50. The van der Waals surface area contributed by atoms with Gasteiger partial charge in [-0.1, -0.05) is 36.4 Å². The minimum absolute atomic E-state index is 0.571. The summed E-state index contributed by atoms with van der Waals surface area (Å²) in [6.07, 6.45) is 2.69. The highest BCUT2D eigenvalue weighted by Crippen LogP contribution is 2.43. The fourth-order valence-corrected chi connectivity index (χ4v) is 5.59. The first-order valence-corrected chi connectivity index (χ1v) is 9.82. The normalized spacial score (nSPS) is 16.7. The van der Waals surface area contributed by atoms with Crippen molar-refractivity contribution in [2.45, 2.75) is 17.4 Å². The van der Waals surface area contributed by atoms with Gasteiger partial charge in [0.1, 0.15) is 11.3 Å². The monoisotopic (exact) mass is 326 g/mol.